The van der Waals surface area contributed by atoms with Gasteiger partial charge in [0.05, 0.1) is 5.56 Å². The molecule has 0 saturated carbocycles. The molecule has 4 nitrogen and oxygen atoms in total. The van der Waals surface area contributed by atoms with E-state index in [2.05, 4.69) is 25.9 Å². The van der Waals surface area contributed by atoms with E-state index in [9.17, 15) is 14.0 Å². The number of aromatic nitrogens is 2. The molecule has 1 aromatic heterocycles. The molecule has 0 aliphatic carbocycles. The van der Waals surface area contributed by atoms with Gasteiger partial charge in [-0.15, -0.1) is 0 Å². The minimum absolute atomic E-state index is 0.208. The molecule has 0 spiro atoms. The maximum atomic E-state index is 13.1. The van der Waals surface area contributed by atoms with E-state index in [1.165, 1.54) is 18.3 Å². The molecule has 6 heteroatoms. The van der Waals surface area contributed by atoms with Crippen LogP contribution in [0.1, 0.15) is 0 Å². The van der Waals surface area contributed by atoms with Crippen molar-refractivity contribution in [3.63, 3.8) is 0 Å². The van der Waals surface area contributed by atoms with Crippen molar-refractivity contribution in [2.75, 3.05) is 0 Å². The van der Waals surface area contributed by atoms with Crippen molar-refractivity contribution >= 4 is 15.9 Å². The molecule has 2 rings (SSSR count). The second kappa shape index (κ2) is 4.05. The molecule has 1 heterocycles. The van der Waals surface area contributed by atoms with Crippen LogP contribution in [0.4, 0.5) is 4.39 Å². The average molecular weight is 285 g/mol. The summed E-state index contributed by atoms with van der Waals surface area (Å²) in [5, 5.41) is 0. The van der Waals surface area contributed by atoms with Crippen LogP contribution in [-0.2, 0) is 0 Å². The van der Waals surface area contributed by atoms with Crippen molar-refractivity contribution < 1.29 is 4.39 Å². The molecule has 0 atom stereocenters. The zero-order valence-electron chi connectivity index (χ0n) is 7.88. The van der Waals surface area contributed by atoms with E-state index in [1.807, 2.05) is 0 Å². The topological polar surface area (TPSA) is 65.7 Å². The van der Waals surface area contributed by atoms with Gasteiger partial charge in [-0.3, -0.25) is 9.78 Å². The molecule has 82 valence electrons. The molecule has 0 unspecified atom stereocenters. The van der Waals surface area contributed by atoms with Crippen LogP contribution in [0.2, 0.25) is 0 Å². The van der Waals surface area contributed by atoms with Gasteiger partial charge in [0.1, 0.15) is 5.82 Å². The number of nitrogens with one attached hydrogen (secondary N) is 2. The van der Waals surface area contributed by atoms with Crippen LogP contribution in [0.15, 0.2) is 38.5 Å². The van der Waals surface area contributed by atoms with E-state index < -0.39 is 17.1 Å². The Hall–Kier alpha value is -1.69. The third kappa shape index (κ3) is 2.11. The first-order valence-electron chi connectivity index (χ1n) is 4.35. The van der Waals surface area contributed by atoms with Crippen molar-refractivity contribution in [1.29, 1.82) is 0 Å². The van der Waals surface area contributed by atoms with Crippen molar-refractivity contribution in [1.82, 2.24) is 9.97 Å². The summed E-state index contributed by atoms with van der Waals surface area (Å²) in [6, 6.07) is 4.09. The van der Waals surface area contributed by atoms with Gasteiger partial charge in [0, 0.05) is 10.7 Å². The van der Waals surface area contributed by atoms with Crippen LogP contribution in [0.5, 0.6) is 0 Å². The Morgan fingerprint density at radius 2 is 1.94 bits per heavy atom. The molecule has 16 heavy (non-hydrogen) atoms. The first-order valence-corrected chi connectivity index (χ1v) is 5.14. The van der Waals surface area contributed by atoms with Gasteiger partial charge in [-0.05, 0) is 23.8 Å². The highest BCUT2D eigenvalue weighted by Gasteiger charge is 2.06. The minimum atomic E-state index is -0.593. The summed E-state index contributed by atoms with van der Waals surface area (Å²) in [7, 11) is 0. The molecule has 1 aromatic carbocycles. The Morgan fingerprint density at radius 3 is 2.56 bits per heavy atom. The predicted molar refractivity (Wildman–Crippen MR) is 60.8 cm³/mol. The number of H-pyrrole nitrogens is 2. The maximum absolute atomic E-state index is 13.1. The highest BCUT2D eigenvalue weighted by Crippen LogP contribution is 2.21. The van der Waals surface area contributed by atoms with Gasteiger partial charge in [0.25, 0.3) is 5.56 Å². The van der Waals surface area contributed by atoms with Crippen molar-refractivity contribution in [3.05, 3.63) is 55.5 Å². The van der Waals surface area contributed by atoms with Crippen molar-refractivity contribution in [3.8, 4) is 11.1 Å². The summed E-state index contributed by atoms with van der Waals surface area (Å²) in [5.74, 6) is -0.463. The third-order valence-corrected chi connectivity index (χ3v) is 2.45. The van der Waals surface area contributed by atoms with Crippen LogP contribution in [0.3, 0.4) is 0 Å². The SMILES string of the molecule is O=c1[nH]cc(-c2cc(F)cc(Br)c2)c(=O)[nH]1. The Balaban J connectivity index is 2.67. The molecule has 0 amide bonds. The lowest BCUT2D eigenvalue weighted by molar-refractivity contribution is 0.627. The van der Waals surface area contributed by atoms with Gasteiger partial charge in [-0.1, -0.05) is 15.9 Å². The number of rotatable bonds is 1. The Bertz CT molecular complexity index is 628. The van der Waals surface area contributed by atoms with E-state index in [4.69, 9.17) is 0 Å². The smallest absolute Gasteiger partial charge is 0.313 e. The number of benzene rings is 1. The zero-order chi connectivity index (χ0) is 11.7. The van der Waals surface area contributed by atoms with Crippen molar-refractivity contribution in [2.45, 2.75) is 0 Å². The Kier molecular flexibility index (Phi) is 2.74. The van der Waals surface area contributed by atoms with E-state index in [-0.39, 0.29) is 5.56 Å². The fourth-order valence-corrected chi connectivity index (χ4v) is 1.80. The number of hydrogen-bond donors (Lipinski definition) is 2. The molecule has 0 bridgehead atoms. The van der Waals surface area contributed by atoms with E-state index in [0.717, 1.165) is 0 Å². The highest BCUT2D eigenvalue weighted by molar-refractivity contribution is 9.10. The van der Waals surface area contributed by atoms with Crippen LogP contribution in [-0.4, -0.2) is 9.97 Å². The lowest BCUT2D eigenvalue weighted by Gasteiger charge is -2.01. The monoisotopic (exact) mass is 284 g/mol. The first-order chi connectivity index (χ1) is 7.56. The lowest BCUT2D eigenvalue weighted by Crippen LogP contribution is -2.22. The molecule has 0 fully saturated rings. The molecular weight excluding hydrogens is 279 g/mol. The fourth-order valence-electron chi connectivity index (χ4n) is 1.33. The second-order valence-corrected chi connectivity index (χ2v) is 4.06. The van der Waals surface area contributed by atoms with Crippen LogP contribution in [0.25, 0.3) is 11.1 Å². The molecule has 2 N–H and O–H groups in total. The summed E-state index contributed by atoms with van der Waals surface area (Å²) in [4.78, 5) is 26.7. The van der Waals surface area contributed by atoms with Crippen LogP contribution in [0, 0.1) is 5.82 Å². The van der Waals surface area contributed by atoms with Crippen LogP contribution >= 0.6 is 15.9 Å². The normalized spacial score (nSPS) is 10.4. The van der Waals surface area contributed by atoms with Gasteiger partial charge >= 0.3 is 5.69 Å². The largest absolute Gasteiger partial charge is 0.325 e. The summed E-state index contributed by atoms with van der Waals surface area (Å²) in [6.07, 6.45) is 1.25. The first kappa shape index (κ1) is 10.8. The summed E-state index contributed by atoms with van der Waals surface area (Å²) in [6.45, 7) is 0. The third-order valence-electron chi connectivity index (χ3n) is 1.99. The number of hydrogen-bond acceptors (Lipinski definition) is 2. The van der Waals surface area contributed by atoms with E-state index >= 15 is 0 Å². The standard InChI is InChI=1S/C10H6BrFN2O2/c11-6-1-5(2-7(12)3-6)8-4-13-10(16)14-9(8)15/h1-4H,(H2,13,14,15,16). The number of halogens is 2. The predicted octanol–water partition coefficient (Wildman–Crippen LogP) is 1.63. The molecule has 0 aliphatic rings. The number of aromatic amines is 2. The molecule has 0 saturated heterocycles. The van der Waals surface area contributed by atoms with E-state index in [1.54, 1.807) is 6.07 Å². The van der Waals surface area contributed by atoms with Gasteiger partial charge < -0.3 is 4.98 Å². The lowest BCUT2D eigenvalue weighted by atomic mass is 10.1. The van der Waals surface area contributed by atoms with Gasteiger partial charge in [-0.2, -0.15) is 0 Å². The quantitative estimate of drug-likeness (QED) is 0.836. The second-order valence-electron chi connectivity index (χ2n) is 3.14. The summed E-state index contributed by atoms with van der Waals surface area (Å²) < 4.78 is 13.6. The average Bonchev–Trinajstić information content (AvgIpc) is 2.15. The Labute approximate surface area is 97.3 Å². The molecule has 0 radical (unpaired) electrons. The molecular formula is C10H6BrFN2O2. The Morgan fingerprint density at radius 1 is 1.19 bits per heavy atom. The minimum Gasteiger partial charge on any atom is -0.313 e. The van der Waals surface area contributed by atoms with Gasteiger partial charge in [-0.25, -0.2) is 9.18 Å². The van der Waals surface area contributed by atoms with Crippen molar-refractivity contribution in [2.24, 2.45) is 0 Å². The van der Waals surface area contributed by atoms with E-state index in [0.29, 0.717) is 10.0 Å². The van der Waals surface area contributed by atoms with Gasteiger partial charge in [0.2, 0.25) is 0 Å². The molecule has 0 aliphatic heterocycles. The van der Waals surface area contributed by atoms with Crippen LogP contribution < -0.4 is 11.2 Å². The molecule has 2 aromatic rings. The maximum Gasteiger partial charge on any atom is 0.325 e. The summed E-state index contributed by atoms with van der Waals surface area (Å²) in [5.41, 5.74) is -0.547. The zero-order valence-corrected chi connectivity index (χ0v) is 9.47. The summed E-state index contributed by atoms with van der Waals surface area (Å²) >= 11 is 3.13. The fraction of sp³-hybridized carbons (Fsp3) is 0. The van der Waals surface area contributed by atoms with Gasteiger partial charge in [0.15, 0.2) is 0 Å². The highest BCUT2D eigenvalue weighted by atomic mass is 79.9.